The number of sulfonamides is 1. The number of methoxy groups -OCH3 is 1. The first-order chi connectivity index (χ1) is 22.5. The van der Waals surface area contributed by atoms with Crippen LogP contribution in [-0.4, -0.2) is 86.1 Å². The number of aryl methyl sites for hydroxylation is 2. The lowest BCUT2D eigenvalue weighted by Crippen LogP contribution is -2.60. The monoisotopic (exact) mass is 697 g/mol. The van der Waals surface area contributed by atoms with E-state index in [-0.39, 0.29) is 59.1 Å². The quantitative estimate of drug-likeness (QED) is 0.314. The minimum Gasteiger partial charge on any atom is -0.475 e. The van der Waals surface area contributed by atoms with Crippen LogP contribution in [0.5, 0.6) is 5.88 Å². The fourth-order valence-electron chi connectivity index (χ4n) is 7.65. The first-order valence-corrected chi connectivity index (χ1v) is 18.2. The minimum atomic E-state index is -4.11. The molecule has 6 rings (SSSR count). The molecular formula is C36H48ClN5O5S. The van der Waals surface area contributed by atoms with Gasteiger partial charge in [-0.15, -0.1) is 12.4 Å². The fourth-order valence-corrected chi connectivity index (χ4v) is 8.64. The largest absolute Gasteiger partial charge is 0.475 e. The van der Waals surface area contributed by atoms with E-state index in [1.54, 1.807) is 25.3 Å². The van der Waals surface area contributed by atoms with Crippen molar-refractivity contribution in [1.82, 2.24) is 19.8 Å². The van der Waals surface area contributed by atoms with Crippen LogP contribution in [0.15, 0.2) is 53.4 Å². The third-order valence-electron chi connectivity index (χ3n) is 10.1. The average molecular weight is 698 g/mol. The van der Waals surface area contributed by atoms with Crippen LogP contribution in [0, 0.1) is 25.2 Å². The van der Waals surface area contributed by atoms with Gasteiger partial charge in [-0.2, -0.15) is 4.98 Å². The summed E-state index contributed by atoms with van der Waals surface area (Å²) in [5, 5.41) is 0. The Labute approximate surface area is 291 Å². The number of rotatable bonds is 7. The first kappa shape index (κ1) is 36.0. The van der Waals surface area contributed by atoms with Crippen molar-refractivity contribution in [2.24, 2.45) is 11.3 Å². The standard InChI is InChI=1S/C36H47N5O5S.ClH/c1-24(2)18-28-23-46-32-20-31(33-25(3)8-6-9-26(33)4)37-35(38-32)39-47(43,44)30-11-7-10-27(19-30)34(42)41(28)29-21-36(22-29)12-14-40(15-13-36)16-17-45-5;/h6-11,19-20,24,28-29H,12-18,21-23H2,1-5H3,(H,37,38,39);1H/t28-;/m1./s1. The molecule has 1 aromatic heterocycles. The third kappa shape index (κ3) is 7.64. The van der Waals surface area contributed by atoms with Crippen LogP contribution in [0.3, 0.4) is 0 Å². The number of hydrogen-bond donors (Lipinski definition) is 1. The molecule has 12 heteroatoms. The van der Waals surface area contributed by atoms with Crippen molar-refractivity contribution >= 4 is 34.3 Å². The molecule has 260 valence electrons. The van der Waals surface area contributed by atoms with Crippen molar-refractivity contribution < 1.29 is 22.7 Å². The summed E-state index contributed by atoms with van der Waals surface area (Å²) in [7, 11) is -2.37. The van der Waals surface area contributed by atoms with Gasteiger partial charge in [-0.1, -0.05) is 38.1 Å². The molecule has 2 aliphatic heterocycles. The molecule has 1 saturated heterocycles. The number of nitrogens with one attached hydrogen (secondary N) is 1. The Balaban J connectivity index is 0.00000451. The van der Waals surface area contributed by atoms with E-state index in [0.29, 0.717) is 17.2 Å². The van der Waals surface area contributed by atoms with Gasteiger partial charge in [-0.05, 0) is 99.7 Å². The highest BCUT2D eigenvalue weighted by Gasteiger charge is 2.50. The smallest absolute Gasteiger partial charge is 0.264 e. The molecule has 1 spiro atoms. The van der Waals surface area contributed by atoms with Crippen LogP contribution in [-0.2, 0) is 14.8 Å². The Morgan fingerprint density at radius 3 is 2.40 bits per heavy atom. The lowest BCUT2D eigenvalue weighted by molar-refractivity contribution is -0.0544. The van der Waals surface area contributed by atoms with E-state index in [9.17, 15) is 13.2 Å². The third-order valence-corrected chi connectivity index (χ3v) is 11.4. The van der Waals surface area contributed by atoms with Crippen LogP contribution in [0.25, 0.3) is 11.3 Å². The average Bonchev–Trinajstić information content (AvgIpc) is 3.01. The maximum atomic E-state index is 14.5. The van der Waals surface area contributed by atoms with Gasteiger partial charge >= 0.3 is 0 Å². The van der Waals surface area contributed by atoms with E-state index in [2.05, 4.69) is 33.4 Å². The summed E-state index contributed by atoms with van der Waals surface area (Å²) >= 11 is 0. The van der Waals surface area contributed by atoms with E-state index in [1.165, 1.54) is 12.1 Å². The highest BCUT2D eigenvalue weighted by atomic mass is 35.5. The summed E-state index contributed by atoms with van der Waals surface area (Å²) in [6.45, 7) is 12.3. The summed E-state index contributed by atoms with van der Waals surface area (Å²) in [6, 6.07) is 13.9. The van der Waals surface area contributed by atoms with Crippen molar-refractivity contribution in [2.75, 3.05) is 44.7 Å². The van der Waals surface area contributed by atoms with E-state index in [0.717, 1.165) is 75.0 Å². The molecule has 48 heavy (non-hydrogen) atoms. The molecule has 0 unspecified atom stereocenters. The van der Waals surface area contributed by atoms with Crippen LogP contribution in [0.1, 0.15) is 67.4 Å². The molecule has 1 aliphatic carbocycles. The number of amides is 1. The first-order valence-electron chi connectivity index (χ1n) is 16.7. The van der Waals surface area contributed by atoms with E-state index in [4.69, 9.17) is 9.47 Å². The molecule has 1 atom stereocenters. The predicted molar refractivity (Wildman–Crippen MR) is 189 cm³/mol. The molecule has 10 nitrogen and oxygen atoms in total. The van der Waals surface area contributed by atoms with Gasteiger partial charge in [0.25, 0.3) is 15.9 Å². The molecule has 1 amide bonds. The molecule has 1 saturated carbocycles. The number of carbonyl (C=O) groups is 1. The Morgan fingerprint density at radius 1 is 1.04 bits per heavy atom. The van der Waals surface area contributed by atoms with Gasteiger partial charge in [0, 0.05) is 36.9 Å². The van der Waals surface area contributed by atoms with Crippen molar-refractivity contribution in [3.63, 3.8) is 0 Å². The van der Waals surface area contributed by atoms with Crippen molar-refractivity contribution in [2.45, 2.75) is 76.8 Å². The molecule has 2 fully saturated rings. The van der Waals surface area contributed by atoms with Crippen LogP contribution in [0.2, 0.25) is 0 Å². The lowest BCUT2D eigenvalue weighted by Gasteiger charge is -2.56. The van der Waals surface area contributed by atoms with E-state index < -0.39 is 10.0 Å². The summed E-state index contributed by atoms with van der Waals surface area (Å²) in [5.41, 5.74) is 4.04. The van der Waals surface area contributed by atoms with Crippen LogP contribution < -0.4 is 9.46 Å². The summed E-state index contributed by atoms with van der Waals surface area (Å²) in [4.78, 5) is 28.1. The van der Waals surface area contributed by atoms with Crippen LogP contribution in [0.4, 0.5) is 5.95 Å². The maximum absolute atomic E-state index is 14.5. The van der Waals surface area contributed by atoms with Crippen molar-refractivity contribution in [3.05, 3.63) is 65.2 Å². The van der Waals surface area contributed by atoms with Crippen molar-refractivity contribution in [1.29, 1.82) is 0 Å². The van der Waals surface area contributed by atoms with Gasteiger partial charge in [0.2, 0.25) is 11.8 Å². The number of fused-ring (bicyclic) bond motifs is 4. The number of likely N-dealkylation sites (tertiary alicyclic amines) is 1. The molecule has 3 heterocycles. The number of ether oxygens (including phenoxy) is 2. The molecule has 4 bridgehead atoms. The molecule has 3 aliphatic rings. The Morgan fingerprint density at radius 2 is 1.73 bits per heavy atom. The highest BCUT2D eigenvalue weighted by Crippen LogP contribution is 2.52. The maximum Gasteiger partial charge on any atom is 0.264 e. The molecule has 1 N–H and O–H groups in total. The number of piperidine rings is 1. The number of hydrogen-bond acceptors (Lipinski definition) is 8. The minimum absolute atomic E-state index is 0. The summed E-state index contributed by atoms with van der Waals surface area (Å²) in [5.74, 6) is 0.316. The van der Waals surface area contributed by atoms with Gasteiger partial charge in [-0.3, -0.25) is 4.79 Å². The number of benzene rings is 2. The Kier molecular flexibility index (Phi) is 11.0. The molecule has 0 radical (unpaired) electrons. The van der Waals surface area contributed by atoms with Crippen LogP contribution >= 0.6 is 12.4 Å². The normalized spacial score (nSPS) is 20.8. The number of anilines is 1. The molecule has 3 aromatic rings. The van der Waals surface area contributed by atoms with E-state index >= 15 is 0 Å². The topological polar surface area (TPSA) is 114 Å². The van der Waals surface area contributed by atoms with Gasteiger partial charge < -0.3 is 19.3 Å². The second kappa shape index (κ2) is 14.7. The zero-order chi connectivity index (χ0) is 33.3. The van der Waals surface area contributed by atoms with Crippen molar-refractivity contribution in [3.8, 4) is 17.1 Å². The lowest BCUT2D eigenvalue weighted by atomic mass is 9.59. The molecular weight excluding hydrogens is 650 g/mol. The Hall–Kier alpha value is -3.25. The number of carbonyl (C=O) groups excluding carboxylic acids is 1. The fraction of sp³-hybridized carbons (Fsp3) is 0.528. The summed E-state index contributed by atoms with van der Waals surface area (Å²) < 4.78 is 41.6. The van der Waals surface area contributed by atoms with Gasteiger partial charge in [-0.25, -0.2) is 18.1 Å². The summed E-state index contributed by atoms with van der Waals surface area (Å²) in [6.07, 6.45) is 4.80. The number of aromatic nitrogens is 2. The molecule has 2 aromatic carbocycles. The number of halogens is 1. The second-order valence-electron chi connectivity index (χ2n) is 14.0. The SMILES string of the molecule is COCCN1CCC2(CC1)CC(N1C(=O)c3cccc(c3)S(=O)(=O)Nc3nc(cc(-c4c(C)cccc4C)n3)OC[C@H]1CC(C)C)C2.Cl. The van der Waals surface area contributed by atoms with Gasteiger partial charge in [0.15, 0.2) is 0 Å². The predicted octanol–water partition coefficient (Wildman–Crippen LogP) is 6.12. The van der Waals surface area contributed by atoms with E-state index in [1.807, 2.05) is 36.9 Å². The highest BCUT2D eigenvalue weighted by molar-refractivity contribution is 7.92. The zero-order valence-corrected chi connectivity index (χ0v) is 30.2. The zero-order valence-electron chi connectivity index (χ0n) is 28.6. The second-order valence-corrected chi connectivity index (χ2v) is 15.7. The van der Waals surface area contributed by atoms with Gasteiger partial charge in [0.1, 0.15) is 6.61 Å². The Bertz CT molecular complexity index is 1700. The van der Waals surface area contributed by atoms with Gasteiger partial charge in [0.05, 0.1) is 23.2 Å². The number of nitrogens with zero attached hydrogens (tertiary/aromatic N) is 4.